The van der Waals surface area contributed by atoms with E-state index < -0.39 is 0 Å². The molecule has 2 aromatic carbocycles. The Kier molecular flexibility index (Phi) is 3.26. The molecule has 1 heterocycles. The number of benzene rings is 2. The van der Waals surface area contributed by atoms with Crippen molar-refractivity contribution in [2.24, 2.45) is 0 Å². The van der Waals surface area contributed by atoms with Crippen molar-refractivity contribution in [3.8, 4) is 16.9 Å². The molecule has 2 heteroatoms. The summed E-state index contributed by atoms with van der Waals surface area (Å²) in [6, 6.07) is 14.9. The van der Waals surface area contributed by atoms with Gasteiger partial charge in [0.1, 0.15) is 5.75 Å². The standard InChI is InChI=1S/C17H19NO/c1-18-11-10-13-8-9-16(19-2)17(15(13)12-18)14-6-4-3-5-7-14/h3-9H,10-12H2,1-2H3. The van der Waals surface area contributed by atoms with Gasteiger partial charge in [-0.15, -0.1) is 0 Å². The van der Waals surface area contributed by atoms with E-state index in [-0.39, 0.29) is 0 Å². The summed E-state index contributed by atoms with van der Waals surface area (Å²) < 4.78 is 5.58. The van der Waals surface area contributed by atoms with Gasteiger partial charge >= 0.3 is 0 Å². The molecule has 2 nitrogen and oxygen atoms in total. The maximum Gasteiger partial charge on any atom is 0.127 e. The number of methoxy groups -OCH3 is 1. The number of likely N-dealkylation sites (N-methyl/N-ethyl adjacent to an activating group) is 1. The average molecular weight is 253 g/mol. The van der Waals surface area contributed by atoms with Crippen LogP contribution in [0.5, 0.6) is 5.75 Å². The van der Waals surface area contributed by atoms with Crippen LogP contribution in [-0.4, -0.2) is 25.6 Å². The van der Waals surface area contributed by atoms with Crippen molar-refractivity contribution in [1.82, 2.24) is 4.90 Å². The van der Waals surface area contributed by atoms with Gasteiger partial charge in [0.25, 0.3) is 0 Å². The van der Waals surface area contributed by atoms with Gasteiger partial charge in [-0.3, -0.25) is 0 Å². The van der Waals surface area contributed by atoms with E-state index in [1.54, 1.807) is 7.11 Å². The second-order valence-electron chi connectivity index (χ2n) is 5.13. The molecule has 3 rings (SSSR count). The topological polar surface area (TPSA) is 12.5 Å². The molecule has 0 saturated heterocycles. The average Bonchev–Trinajstić information content (AvgIpc) is 2.46. The van der Waals surface area contributed by atoms with Crippen LogP contribution in [0.25, 0.3) is 11.1 Å². The summed E-state index contributed by atoms with van der Waals surface area (Å²) in [6.07, 6.45) is 1.12. The monoisotopic (exact) mass is 253 g/mol. The van der Waals surface area contributed by atoms with E-state index in [0.29, 0.717) is 0 Å². The molecule has 0 fully saturated rings. The van der Waals surface area contributed by atoms with Gasteiger partial charge in [0, 0.05) is 18.7 Å². The van der Waals surface area contributed by atoms with E-state index in [1.807, 2.05) is 0 Å². The molecule has 0 atom stereocenters. The van der Waals surface area contributed by atoms with Crippen LogP contribution in [-0.2, 0) is 13.0 Å². The Balaban J connectivity index is 2.20. The van der Waals surface area contributed by atoms with Crippen molar-refractivity contribution in [2.45, 2.75) is 13.0 Å². The molecule has 0 aromatic heterocycles. The van der Waals surface area contributed by atoms with Gasteiger partial charge in [-0.05, 0) is 36.2 Å². The first-order chi connectivity index (χ1) is 9.29. The van der Waals surface area contributed by atoms with Gasteiger partial charge < -0.3 is 9.64 Å². The lowest BCUT2D eigenvalue weighted by atomic mass is 9.90. The Morgan fingerprint density at radius 3 is 2.58 bits per heavy atom. The molecule has 0 spiro atoms. The summed E-state index contributed by atoms with van der Waals surface area (Å²) in [7, 11) is 3.93. The van der Waals surface area contributed by atoms with Gasteiger partial charge in [-0.25, -0.2) is 0 Å². The summed E-state index contributed by atoms with van der Waals surface area (Å²) >= 11 is 0. The van der Waals surface area contributed by atoms with Crippen molar-refractivity contribution in [1.29, 1.82) is 0 Å². The number of nitrogens with zero attached hydrogens (tertiary/aromatic N) is 1. The van der Waals surface area contributed by atoms with Crippen LogP contribution in [0.2, 0.25) is 0 Å². The normalized spacial score (nSPS) is 15.1. The molecule has 1 aliphatic rings. The van der Waals surface area contributed by atoms with Gasteiger partial charge in [0.15, 0.2) is 0 Å². The van der Waals surface area contributed by atoms with E-state index in [2.05, 4.69) is 54.4 Å². The van der Waals surface area contributed by atoms with Crippen LogP contribution < -0.4 is 4.74 Å². The van der Waals surface area contributed by atoms with E-state index in [1.165, 1.54) is 22.3 Å². The minimum absolute atomic E-state index is 0.972. The fourth-order valence-electron chi connectivity index (χ4n) is 2.84. The lowest BCUT2D eigenvalue weighted by Crippen LogP contribution is -2.27. The summed E-state index contributed by atoms with van der Waals surface area (Å²) in [5.41, 5.74) is 5.37. The molecule has 0 amide bonds. The maximum atomic E-state index is 5.58. The zero-order valence-electron chi connectivity index (χ0n) is 11.5. The Hall–Kier alpha value is -1.80. The van der Waals surface area contributed by atoms with Crippen LogP contribution in [0.4, 0.5) is 0 Å². The first-order valence-corrected chi connectivity index (χ1v) is 6.72. The lowest BCUT2D eigenvalue weighted by Gasteiger charge is -2.28. The fraction of sp³-hybridized carbons (Fsp3) is 0.294. The minimum atomic E-state index is 0.972. The van der Waals surface area contributed by atoms with Crippen molar-refractivity contribution in [2.75, 3.05) is 20.7 Å². The van der Waals surface area contributed by atoms with Crippen molar-refractivity contribution in [3.05, 3.63) is 53.6 Å². The quantitative estimate of drug-likeness (QED) is 0.814. The highest BCUT2D eigenvalue weighted by Crippen LogP contribution is 2.37. The van der Waals surface area contributed by atoms with E-state index >= 15 is 0 Å². The predicted molar refractivity (Wildman–Crippen MR) is 78.5 cm³/mol. The molecule has 0 aliphatic carbocycles. The van der Waals surface area contributed by atoms with Gasteiger partial charge in [-0.2, -0.15) is 0 Å². The molecule has 1 aliphatic heterocycles. The van der Waals surface area contributed by atoms with Crippen molar-refractivity contribution < 1.29 is 4.74 Å². The Labute approximate surface area is 114 Å². The SMILES string of the molecule is COc1ccc2c(c1-c1ccccc1)CN(C)CC2. The highest BCUT2D eigenvalue weighted by molar-refractivity contribution is 5.75. The molecule has 2 aromatic rings. The molecule has 0 bridgehead atoms. The first-order valence-electron chi connectivity index (χ1n) is 6.72. The number of hydrogen-bond donors (Lipinski definition) is 0. The first kappa shape index (κ1) is 12.2. The summed E-state index contributed by atoms with van der Waals surface area (Å²) in [6.45, 7) is 2.13. The minimum Gasteiger partial charge on any atom is -0.496 e. The number of hydrogen-bond acceptors (Lipinski definition) is 2. The fourth-order valence-corrected chi connectivity index (χ4v) is 2.84. The molecule has 98 valence electrons. The zero-order chi connectivity index (χ0) is 13.2. The van der Waals surface area contributed by atoms with Crippen molar-refractivity contribution in [3.63, 3.8) is 0 Å². The predicted octanol–water partition coefficient (Wildman–Crippen LogP) is 3.35. The molecule has 19 heavy (non-hydrogen) atoms. The summed E-state index contributed by atoms with van der Waals surface area (Å²) in [5, 5.41) is 0. The van der Waals surface area contributed by atoms with Crippen LogP contribution >= 0.6 is 0 Å². The Bertz CT molecular complexity index is 577. The molecule has 0 saturated carbocycles. The van der Waals surface area contributed by atoms with E-state index in [9.17, 15) is 0 Å². The molecular formula is C17H19NO. The molecular weight excluding hydrogens is 234 g/mol. The summed E-state index contributed by atoms with van der Waals surface area (Å²) in [5.74, 6) is 0.972. The largest absolute Gasteiger partial charge is 0.496 e. The number of rotatable bonds is 2. The van der Waals surface area contributed by atoms with Crippen LogP contribution in [0.3, 0.4) is 0 Å². The zero-order valence-corrected chi connectivity index (χ0v) is 11.5. The number of fused-ring (bicyclic) bond motifs is 1. The second-order valence-corrected chi connectivity index (χ2v) is 5.13. The van der Waals surface area contributed by atoms with Crippen LogP contribution in [0, 0.1) is 0 Å². The van der Waals surface area contributed by atoms with Gasteiger partial charge in [-0.1, -0.05) is 36.4 Å². The molecule has 0 radical (unpaired) electrons. The third kappa shape index (κ3) is 2.24. The van der Waals surface area contributed by atoms with Gasteiger partial charge in [0.05, 0.1) is 7.11 Å². The third-order valence-electron chi connectivity index (χ3n) is 3.84. The van der Waals surface area contributed by atoms with Crippen LogP contribution in [0.15, 0.2) is 42.5 Å². The highest BCUT2D eigenvalue weighted by Gasteiger charge is 2.20. The third-order valence-corrected chi connectivity index (χ3v) is 3.84. The lowest BCUT2D eigenvalue weighted by molar-refractivity contribution is 0.312. The molecule has 0 unspecified atom stereocenters. The number of ether oxygens (including phenoxy) is 1. The smallest absolute Gasteiger partial charge is 0.127 e. The maximum absolute atomic E-state index is 5.58. The van der Waals surface area contributed by atoms with Crippen molar-refractivity contribution >= 4 is 0 Å². The highest BCUT2D eigenvalue weighted by atomic mass is 16.5. The van der Waals surface area contributed by atoms with Crippen LogP contribution in [0.1, 0.15) is 11.1 Å². The Morgan fingerprint density at radius 1 is 1.05 bits per heavy atom. The Morgan fingerprint density at radius 2 is 1.84 bits per heavy atom. The molecule has 0 N–H and O–H groups in total. The van der Waals surface area contributed by atoms with E-state index in [0.717, 1.165) is 25.3 Å². The second kappa shape index (κ2) is 5.06. The summed E-state index contributed by atoms with van der Waals surface area (Å²) in [4.78, 5) is 2.37. The van der Waals surface area contributed by atoms with Gasteiger partial charge in [0.2, 0.25) is 0 Å². The van der Waals surface area contributed by atoms with E-state index in [4.69, 9.17) is 4.74 Å².